The Balaban J connectivity index is 1.64. The van der Waals surface area contributed by atoms with Gasteiger partial charge in [0.05, 0.1) is 0 Å². The number of aromatic nitrogens is 1. The van der Waals surface area contributed by atoms with Gasteiger partial charge in [-0.15, -0.1) is 0 Å². The smallest absolute Gasteiger partial charge is 0.251 e. The number of nitrogens with zero attached hydrogens (tertiary/aromatic N) is 2. The van der Waals surface area contributed by atoms with Crippen molar-refractivity contribution in [1.29, 1.82) is 0 Å². The minimum atomic E-state index is -0.0274. The third kappa shape index (κ3) is 3.82. The van der Waals surface area contributed by atoms with Gasteiger partial charge < -0.3 is 5.32 Å². The lowest BCUT2D eigenvalue weighted by Crippen LogP contribution is -2.48. The Morgan fingerprint density at radius 2 is 1.88 bits per heavy atom. The molecule has 0 aliphatic carbocycles. The number of rotatable bonds is 5. The molecule has 0 fully saturated rings. The summed E-state index contributed by atoms with van der Waals surface area (Å²) < 4.78 is 0. The molecule has 126 valence electrons. The Hall–Kier alpha value is -2.20. The van der Waals surface area contributed by atoms with Crippen LogP contribution in [-0.2, 0) is 13.0 Å². The van der Waals surface area contributed by atoms with E-state index in [1.165, 1.54) is 11.1 Å². The summed E-state index contributed by atoms with van der Waals surface area (Å²) in [7, 11) is 0. The van der Waals surface area contributed by atoms with Crippen LogP contribution in [-0.4, -0.2) is 34.9 Å². The van der Waals surface area contributed by atoms with Gasteiger partial charge in [-0.05, 0) is 35.6 Å². The van der Waals surface area contributed by atoms with Crippen LogP contribution in [0.25, 0.3) is 0 Å². The Labute approximate surface area is 143 Å². The fraction of sp³-hybridized carbons (Fsp3) is 0.400. The van der Waals surface area contributed by atoms with Crippen LogP contribution in [0, 0.1) is 5.92 Å². The summed E-state index contributed by atoms with van der Waals surface area (Å²) in [5, 5.41) is 3.09. The van der Waals surface area contributed by atoms with E-state index in [0.29, 0.717) is 24.1 Å². The molecule has 24 heavy (non-hydrogen) atoms. The molecular weight excluding hydrogens is 298 g/mol. The van der Waals surface area contributed by atoms with Crippen molar-refractivity contribution in [3.63, 3.8) is 0 Å². The van der Waals surface area contributed by atoms with Crippen LogP contribution in [0.2, 0.25) is 0 Å². The fourth-order valence-corrected chi connectivity index (χ4v) is 3.39. The number of benzene rings is 1. The predicted octanol–water partition coefficient (Wildman–Crippen LogP) is 2.89. The second-order valence-corrected chi connectivity index (χ2v) is 6.75. The van der Waals surface area contributed by atoms with Crippen molar-refractivity contribution in [3.8, 4) is 0 Å². The van der Waals surface area contributed by atoms with E-state index in [1.54, 1.807) is 24.5 Å². The molecule has 4 heteroatoms. The van der Waals surface area contributed by atoms with Gasteiger partial charge in [0.2, 0.25) is 0 Å². The summed E-state index contributed by atoms with van der Waals surface area (Å²) >= 11 is 0. The van der Waals surface area contributed by atoms with E-state index in [-0.39, 0.29) is 5.91 Å². The first-order chi connectivity index (χ1) is 11.6. The van der Waals surface area contributed by atoms with Crippen molar-refractivity contribution >= 4 is 5.91 Å². The number of nitrogens with one attached hydrogen (secondary N) is 1. The SMILES string of the molecule is CC(C)[C@H](CNC(=O)c1ccncc1)N1CCc2ccccc2C1. The molecule has 1 aromatic carbocycles. The zero-order chi connectivity index (χ0) is 16.9. The molecule has 1 aromatic heterocycles. The van der Waals surface area contributed by atoms with Crippen molar-refractivity contribution in [3.05, 3.63) is 65.5 Å². The highest BCUT2D eigenvalue weighted by Gasteiger charge is 2.26. The summed E-state index contributed by atoms with van der Waals surface area (Å²) in [5.41, 5.74) is 3.53. The highest BCUT2D eigenvalue weighted by molar-refractivity contribution is 5.93. The largest absolute Gasteiger partial charge is 0.350 e. The maximum absolute atomic E-state index is 12.3. The van der Waals surface area contributed by atoms with Crippen molar-refractivity contribution in [2.75, 3.05) is 13.1 Å². The van der Waals surface area contributed by atoms with E-state index in [9.17, 15) is 4.79 Å². The minimum Gasteiger partial charge on any atom is -0.350 e. The standard InChI is InChI=1S/C20H25N3O/c1-15(2)19(13-22-20(24)17-7-10-21-11-8-17)23-12-9-16-5-3-4-6-18(16)14-23/h3-8,10-11,15,19H,9,12-14H2,1-2H3,(H,22,24)/t19-/m0/s1. The summed E-state index contributed by atoms with van der Waals surface area (Å²) in [4.78, 5) is 18.8. The highest BCUT2D eigenvalue weighted by atomic mass is 16.1. The molecule has 2 heterocycles. The highest BCUT2D eigenvalue weighted by Crippen LogP contribution is 2.22. The van der Waals surface area contributed by atoms with Crippen LogP contribution in [0.3, 0.4) is 0 Å². The summed E-state index contributed by atoms with van der Waals surface area (Å²) in [6.45, 7) is 7.13. The predicted molar refractivity (Wildman–Crippen MR) is 95.8 cm³/mol. The lowest BCUT2D eigenvalue weighted by Gasteiger charge is -2.38. The maximum Gasteiger partial charge on any atom is 0.251 e. The maximum atomic E-state index is 12.3. The number of amides is 1. The lowest BCUT2D eigenvalue weighted by atomic mass is 9.95. The summed E-state index contributed by atoms with van der Waals surface area (Å²) in [6, 6.07) is 12.5. The third-order valence-corrected chi connectivity index (χ3v) is 4.81. The van der Waals surface area contributed by atoms with Gasteiger partial charge in [0.25, 0.3) is 5.91 Å². The van der Waals surface area contributed by atoms with Crippen molar-refractivity contribution < 1.29 is 4.79 Å². The molecule has 1 amide bonds. The number of pyridine rings is 1. The summed E-state index contributed by atoms with van der Waals surface area (Å²) in [6.07, 6.45) is 4.38. The zero-order valence-electron chi connectivity index (χ0n) is 14.4. The average Bonchev–Trinajstić information content (AvgIpc) is 2.62. The molecule has 2 aromatic rings. The van der Waals surface area contributed by atoms with Gasteiger partial charge in [-0.25, -0.2) is 0 Å². The first kappa shape index (κ1) is 16.7. The number of carbonyl (C=O) groups is 1. The molecule has 0 spiro atoms. The van der Waals surface area contributed by atoms with Crippen LogP contribution in [0.4, 0.5) is 0 Å². The first-order valence-corrected chi connectivity index (χ1v) is 8.64. The van der Waals surface area contributed by atoms with Crippen LogP contribution in [0.1, 0.15) is 35.3 Å². The average molecular weight is 323 g/mol. The third-order valence-electron chi connectivity index (χ3n) is 4.81. The summed E-state index contributed by atoms with van der Waals surface area (Å²) in [5.74, 6) is 0.452. The second-order valence-electron chi connectivity index (χ2n) is 6.75. The van der Waals surface area contributed by atoms with Gasteiger partial charge in [0.1, 0.15) is 0 Å². The normalized spacial score (nSPS) is 15.8. The number of fused-ring (bicyclic) bond motifs is 1. The molecule has 0 unspecified atom stereocenters. The topological polar surface area (TPSA) is 45.2 Å². The zero-order valence-corrected chi connectivity index (χ0v) is 14.4. The molecule has 1 N–H and O–H groups in total. The molecule has 1 aliphatic rings. The van der Waals surface area contributed by atoms with Gasteiger partial charge in [-0.1, -0.05) is 38.1 Å². The molecule has 4 nitrogen and oxygen atoms in total. The Morgan fingerprint density at radius 1 is 1.17 bits per heavy atom. The van der Waals surface area contributed by atoms with Crippen LogP contribution in [0.15, 0.2) is 48.8 Å². The van der Waals surface area contributed by atoms with Crippen LogP contribution < -0.4 is 5.32 Å². The van der Waals surface area contributed by atoms with E-state index in [0.717, 1.165) is 19.5 Å². The molecule has 0 saturated heterocycles. The Bertz CT molecular complexity index is 684. The van der Waals surface area contributed by atoms with Crippen molar-refractivity contribution in [2.24, 2.45) is 5.92 Å². The Kier molecular flexibility index (Phi) is 5.26. The van der Waals surface area contributed by atoms with Crippen molar-refractivity contribution in [1.82, 2.24) is 15.2 Å². The lowest BCUT2D eigenvalue weighted by molar-refractivity contribution is 0.0904. The van der Waals surface area contributed by atoms with Crippen molar-refractivity contribution in [2.45, 2.75) is 32.9 Å². The van der Waals surface area contributed by atoms with Crippen LogP contribution >= 0.6 is 0 Å². The molecule has 3 rings (SSSR count). The van der Waals surface area contributed by atoms with Gasteiger partial charge in [0.15, 0.2) is 0 Å². The Morgan fingerprint density at radius 3 is 2.58 bits per heavy atom. The van der Waals surface area contributed by atoms with Gasteiger partial charge >= 0.3 is 0 Å². The monoisotopic (exact) mass is 323 g/mol. The molecule has 0 bridgehead atoms. The molecule has 0 saturated carbocycles. The van der Waals surface area contributed by atoms with E-state index in [1.807, 2.05) is 0 Å². The second kappa shape index (κ2) is 7.58. The minimum absolute atomic E-state index is 0.0274. The number of hydrogen-bond acceptors (Lipinski definition) is 3. The fourth-order valence-electron chi connectivity index (χ4n) is 3.39. The number of hydrogen-bond donors (Lipinski definition) is 1. The van der Waals surface area contributed by atoms with Gasteiger partial charge in [-0.2, -0.15) is 0 Å². The van der Waals surface area contributed by atoms with E-state index in [2.05, 4.69) is 53.3 Å². The van der Waals surface area contributed by atoms with Gasteiger partial charge in [0, 0.05) is 43.6 Å². The van der Waals surface area contributed by atoms with E-state index >= 15 is 0 Å². The van der Waals surface area contributed by atoms with Gasteiger partial charge in [-0.3, -0.25) is 14.7 Å². The van der Waals surface area contributed by atoms with E-state index < -0.39 is 0 Å². The molecular formula is C20H25N3O. The molecule has 0 radical (unpaired) electrons. The number of carbonyl (C=O) groups excluding carboxylic acids is 1. The van der Waals surface area contributed by atoms with Crippen LogP contribution in [0.5, 0.6) is 0 Å². The molecule has 1 atom stereocenters. The molecule has 1 aliphatic heterocycles. The quantitative estimate of drug-likeness (QED) is 0.920. The van der Waals surface area contributed by atoms with E-state index in [4.69, 9.17) is 0 Å². The first-order valence-electron chi connectivity index (χ1n) is 8.64.